The minimum Gasteiger partial charge on any atom is -0.354 e. The molecule has 128 valence electrons. The van der Waals surface area contributed by atoms with E-state index in [2.05, 4.69) is 49.9 Å². The van der Waals surface area contributed by atoms with Gasteiger partial charge in [-0.05, 0) is 24.0 Å². The minimum absolute atomic E-state index is 0.109. The highest BCUT2D eigenvalue weighted by atomic mass is 16.1. The lowest BCUT2D eigenvalue weighted by Crippen LogP contribution is -2.45. The Labute approximate surface area is 144 Å². The lowest BCUT2D eigenvalue weighted by atomic mass is 10.0. The number of fused-ring (bicyclic) bond motifs is 2. The highest BCUT2D eigenvalue weighted by Crippen LogP contribution is 2.30. The average Bonchev–Trinajstić information content (AvgIpc) is 3.12. The molecule has 0 bridgehead atoms. The van der Waals surface area contributed by atoms with E-state index in [1.54, 1.807) is 10.8 Å². The van der Waals surface area contributed by atoms with Crippen LogP contribution in [-0.4, -0.2) is 39.2 Å². The van der Waals surface area contributed by atoms with Crippen molar-refractivity contribution in [2.24, 2.45) is 5.92 Å². The summed E-state index contributed by atoms with van der Waals surface area (Å²) >= 11 is 0. The summed E-state index contributed by atoms with van der Waals surface area (Å²) in [6.07, 6.45) is 3.43. The molecule has 7 nitrogen and oxygen atoms in total. The zero-order valence-corrected chi connectivity index (χ0v) is 13.8. The largest absolute Gasteiger partial charge is 0.354 e. The monoisotopic (exact) mass is 336 g/mol. The van der Waals surface area contributed by atoms with Gasteiger partial charge in [-0.3, -0.25) is 4.57 Å². The van der Waals surface area contributed by atoms with Gasteiger partial charge in [0, 0.05) is 31.6 Å². The van der Waals surface area contributed by atoms with Crippen molar-refractivity contribution in [2.75, 3.05) is 25.0 Å². The van der Waals surface area contributed by atoms with Crippen LogP contribution in [0.2, 0.25) is 0 Å². The van der Waals surface area contributed by atoms with E-state index in [-0.39, 0.29) is 11.7 Å². The van der Waals surface area contributed by atoms with Crippen molar-refractivity contribution in [2.45, 2.75) is 18.9 Å². The van der Waals surface area contributed by atoms with Crippen molar-refractivity contribution in [1.82, 2.24) is 24.8 Å². The van der Waals surface area contributed by atoms with Crippen LogP contribution in [0.3, 0.4) is 0 Å². The van der Waals surface area contributed by atoms with Crippen molar-refractivity contribution in [1.29, 1.82) is 0 Å². The summed E-state index contributed by atoms with van der Waals surface area (Å²) < 4.78 is 1.80. The van der Waals surface area contributed by atoms with Crippen molar-refractivity contribution >= 4 is 17.1 Å². The Hall–Kier alpha value is -2.67. The zero-order chi connectivity index (χ0) is 16.8. The molecular weight excluding hydrogens is 316 g/mol. The summed E-state index contributed by atoms with van der Waals surface area (Å²) in [5.74, 6) is 1.21. The quantitative estimate of drug-likeness (QED) is 0.664. The summed E-state index contributed by atoms with van der Waals surface area (Å²) in [6, 6.07) is 8.50. The van der Waals surface area contributed by atoms with E-state index in [9.17, 15) is 4.79 Å². The number of aromatic nitrogens is 4. The van der Waals surface area contributed by atoms with Crippen molar-refractivity contribution in [3.05, 3.63) is 52.1 Å². The van der Waals surface area contributed by atoms with Gasteiger partial charge in [0.25, 0.3) is 0 Å². The molecule has 1 saturated heterocycles. The number of benzene rings is 1. The minimum atomic E-state index is -0.109. The van der Waals surface area contributed by atoms with Gasteiger partial charge in [0.1, 0.15) is 5.52 Å². The maximum absolute atomic E-state index is 12.5. The van der Waals surface area contributed by atoms with Gasteiger partial charge >= 0.3 is 5.69 Å². The molecule has 0 unspecified atom stereocenters. The second-order valence-electron chi connectivity index (χ2n) is 6.97. The second kappa shape index (κ2) is 5.70. The Morgan fingerprint density at radius 3 is 2.64 bits per heavy atom. The molecule has 25 heavy (non-hydrogen) atoms. The summed E-state index contributed by atoms with van der Waals surface area (Å²) in [6.45, 7) is 2.91. The molecular formula is C18H20N6O. The number of aromatic amines is 1. The zero-order valence-electron chi connectivity index (χ0n) is 13.8. The third-order valence-electron chi connectivity index (χ3n) is 5.27. The second-order valence-corrected chi connectivity index (χ2v) is 6.97. The van der Waals surface area contributed by atoms with Crippen LogP contribution >= 0.6 is 0 Å². The van der Waals surface area contributed by atoms with E-state index in [0.717, 1.165) is 32.5 Å². The van der Waals surface area contributed by atoms with Crippen molar-refractivity contribution in [3.8, 4) is 0 Å². The highest BCUT2D eigenvalue weighted by Gasteiger charge is 2.26. The van der Waals surface area contributed by atoms with Gasteiger partial charge in [-0.25, -0.2) is 9.78 Å². The third-order valence-corrected chi connectivity index (χ3v) is 5.27. The Bertz CT molecular complexity index is 962. The van der Waals surface area contributed by atoms with Gasteiger partial charge in [0.05, 0.1) is 6.20 Å². The normalized spacial score (nSPS) is 17.6. The first-order chi connectivity index (χ1) is 12.3. The van der Waals surface area contributed by atoms with E-state index in [1.165, 1.54) is 11.1 Å². The van der Waals surface area contributed by atoms with Crippen LogP contribution in [0, 0.1) is 5.92 Å². The first-order valence-corrected chi connectivity index (χ1v) is 8.76. The molecule has 1 aromatic carbocycles. The summed E-state index contributed by atoms with van der Waals surface area (Å²) in [5, 5.41) is 6.55. The fraction of sp³-hybridized carbons (Fsp3) is 0.389. The molecule has 0 radical (unpaired) electrons. The van der Waals surface area contributed by atoms with Crippen LogP contribution in [0.4, 0.5) is 5.95 Å². The molecule has 3 heterocycles. The Kier molecular flexibility index (Phi) is 3.34. The Balaban J connectivity index is 1.47. The van der Waals surface area contributed by atoms with Gasteiger partial charge in [0.15, 0.2) is 5.65 Å². The molecule has 0 atom stereocenters. The number of hydrogen-bond donors (Lipinski definition) is 3. The summed E-state index contributed by atoms with van der Waals surface area (Å²) in [7, 11) is 0. The molecule has 1 fully saturated rings. The summed E-state index contributed by atoms with van der Waals surface area (Å²) in [5.41, 5.74) is 3.91. The molecule has 0 saturated carbocycles. The number of H-pyrrole nitrogens is 1. The molecule has 5 rings (SSSR count). The fourth-order valence-corrected chi connectivity index (χ4v) is 3.79. The lowest BCUT2D eigenvalue weighted by Gasteiger charge is -2.27. The van der Waals surface area contributed by atoms with Crippen LogP contribution in [0.1, 0.15) is 17.2 Å². The van der Waals surface area contributed by atoms with Gasteiger partial charge in [-0.15, -0.1) is 0 Å². The summed E-state index contributed by atoms with van der Waals surface area (Å²) in [4.78, 5) is 24.4. The number of hydrogen-bond acceptors (Lipinski definition) is 5. The van der Waals surface area contributed by atoms with E-state index in [1.807, 2.05) is 0 Å². The fourth-order valence-electron chi connectivity index (χ4n) is 3.79. The first-order valence-electron chi connectivity index (χ1n) is 8.76. The smallest absolute Gasteiger partial charge is 0.327 e. The number of nitrogens with one attached hydrogen (secondary N) is 3. The van der Waals surface area contributed by atoms with Crippen molar-refractivity contribution < 1.29 is 0 Å². The van der Waals surface area contributed by atoms with Crippen LogP contribution < -0.4 is 16.3 Å². The van der Waals surface area contributed by atoms with Gasteiger partial charge in [-0.1, -0.05) is 24.3 Å². The number of anilines is 1. The molecule has 0 amide bonds. The molecule has 7 heteroatoms. The molecule has 0 spiro atoms. The van der Waals surface area contributed by atoms with E-state index < -0.39 is 0 Å². The van der Waals surface area contributed by atoms with Crippen molar-refractivity contribution in [3.63, 3.8) is 0 Å². The van der Waals surface area contributed by atoms with Gasteiger partial charge in [0.2, 0.25) is 5.95 Å². The molecule has 2 aromatic heterocycles. The maximum atomic E-state index is 12.5. The Morgan fingerprint density at radius 2 is 1.96 bits per heavy atom. The maximum Gasteiger partial charge on any atom is 0.327 e. The van der Waals surface area contributed by atoms with Crippen LogP contribution in [0.5, 0.6) is 0 Å². The molecule has 1 aliphatic carbocycles. The predicted octanol–water partition coefficient (Wildman–Crippen LogP) is 1.09. The standard InChI is InChI=1S/C18H20N6O/c25-18-22-15-10-21-17(20-9-11-7-19-8-11)23-16(15)24(18)14-5-12-3-1-2-4-13(12)6-14/h1-4,10-11,14,19H,5-9H2,(H,22,25)(H,20,21,23). The topological polar surface area (TPSA) is 87.6 Å². The van der Waals surface area contributed by atoms with Crippen LogP contribution in [-0.2, 0) is 12.8 Å². The van der Waals surface area contributed by atoms with Crippen LogP contribution in [0.15, 0.2) is 35.3 Å². The van der Waals surface area contributed by atoms with E-state index in [4.69, 9.17) is 0 Å². The molecule has 3 aromatic rings. The van der Waals surface area contributed by atoms with Crippen LogP contribution in [0.25, 0.3) is 11.2 Å². The number of rotatable bonds is 4. The lowest BCUT2D eigenvalue weighted by molar-refractivity contribution is 0.365. The van der Waals surface area contributed by atoms with Gasteiger partial charge in [-0.2, -0.15) is 4.98 Å². The Morgan fingerprint density at radius 1 is 1.20 bits per heavy atom. The predicted molar refractivity (Wildman–Crippen MR) is 95.9 cm³/mol. The SMILES string of the molecule is O=c1[nH]c2cnc(NCC3CNC3)nc2n1C1Cc2ccccc2C1. The molecule has 3 N–H and O–H groups in total. The third kappa shape index (κ3) is 2.51. The first kappa shape index (κ1) is 14.7. The number of imidazole rings is 1. The number of nitrogens with zero attached hydrogens (tertiary/aromatic N) is 3. The molecule has 2 aliphatic rings. The molecule has 1 aliphatic heterocycles. The average molecular weight is 336 g/mol. The van der Waals surface area contributed by atoms with Gasteiger partial charge < -0.3 is 15.6 Å². The van der Waals surface area contributed by atoms with E-state index in [0.29, 0.717) is 23.0 Å². The highest BCUT2D eigenvalue weighted by molar-refractivity contribution is 5.71. The van der Waals surface area contributed by atoms with E-state index >= 15 is 0 Å².